The molecule has 1 aliphatic rings. The lowest BCUT2D eigenvalue weighted by molar-refractivity contribution is -0.0535. The van der Waals surface area contributed by atoms with Crippen molar-refractivity contribution in [2.45, 2.75) is 45.8 Å². The second-order valence-electron chi connectivity index (χ2n) is 5.57. The highest BCUT2D eigenvalue weighted by atomic mass is 16.3. The topological polar surface area (TPSA) is 23.5 Å². The molecule has 0 bridgehead atoms. The predicted octanol–water partition coefficient (Wildman–Crippen LogP) is 3.06. The van der Waals surface area contributed by atoms with Gasteiger partial charge in [0.25, 0.3) is 0 Å². The number of aliphatic hydroxyl groups is 1. The van der Waals surface area contributed by atoms with E-state index in [1.165, 1.54) is 5.56 Å². The van der Waals surface area contributed by atoms with Crippen LogP contribution >= 0.6 is 0 Å². The minimum Gasteiger partial charge on any atom is -0.392 e. The van der Waals surface area contributed by atoms with E-state index in [1.807, 2.05) is 0 Å². The Morgan fingerprint density at radius 3 is 2.50 bits per heavy atom. The van der Waals surface area contributed by atoms with Crippen LogP contribution in [0.15, 0.2) is 30.3 Å². The van der Waals surface area contributed by atoms with E-state index in [0.29, 0.717) is 0 Å². The molecule has 1 heterocycles. The maximum atomic E-state index is 10.3. The number of nitrogens with zero attached hydrogens (tertiary/aromatic N) is 1. The van der Waals surface area contributed by atoms with Crippen molar-refractivity contribution in [1.29, 1.82) is 0 Å². The van der Waals surface area contributed by atoms with Gasteiger partial charge in [-0.25, -0.2) is 0 Å². The molecule has 2 nitrogen and oxygen atoms in total. The van der Waals surface area contributed by atoms with Crippen LogP contribution in [-0.4, -0.2) is 29.2 Å². The van der Waals surface area contributed by atoms with Crippen molar-refractivity contribution in [3.8, 4) is 0 Å². The highest BCUT2D eigenvalue weighted by Gasteiger charge is 2.39. The Hall–Kier alpha value is -0.860. The maximum Gasteiger partial charge on any atom is 0.0620 e. The number of benzene rings is 1. The summed E-state index contributed by atoms with van der Waals surface area (Å²) < 4.78 is 0. The quantitative estimate of drug-likeness (QED) is 0.884. The number of piperidine rings is 1. The van der Waals surface area contributed by atoms with Crippen LogP contribution in [0.2, 0.25) is 0 Å². The molecule has 0 aromatic heterocycles. The van der Waals surface area contributed by atoms with Gasteiger partial charge in [0.2, 0.25) is 0 Å². The molecular weight excluding hydrogens is 222 g/mol. The van der Waals surface area contributed by atoms with Crippen LogP contribution in [0, 0.1) is 5.41 Å². The first-order valence-electron chi connectivity index (χ1n) is 7.14. The molecule has 2 heteroatoms. The molecule has 1 aromatic carbocycles. The van der Waals surface area contributed by atoms with Gasteiger partial charge in [0.1, 0.15) is 0 Å². The Morgan fingerprint density at radius 2 is 1.89 bits per heavy atom. The van der Waals surface area contributed by atoms with Crippen molar-refractivity contribution in [3.05, 3.63) is 35.9 Å². The molecule has 1 saturated heterocycles. The van der Waals surface area contributed by atoms with Gasteiger partial charge in [-0.1, -0.05) is 44.2 Å². The third kappa shape index (κ3) is 2.76. The van der Waals surface area contributed by atoms with Gasteiger partial charge < -0.3 is 5.11 Å². The molecule has 0 radical (unpaired) electrons. The average molecular weight is 247 g/mol. The number of aliphatic hydroxyl groups excluding tert-OH is 1. The van der Waals surface area contributed by atoms with Crippen molar-refractivity contribution < 1.29 is 5.11 Å². The zero-order valence-electron chi connectivity index (χ0n) is 11.6. The molecule has 0 saturated carbocycles. The Labute approximate surface area is 111 Å². The lowest BCUT2D eigenvalue weighted by Crippen LogP contribution is -2.50. The standard InChI is InChI=1S/C16H25NO/c1-3-16(4-2)13-17(11-10-15(16)18)12-14-8-6-5-7-9-14/h5-9,15,18H,3-4,10-13H2,1-2H3. The van der Waals surface area contributed by atoms with Gasteiger partial charge in [0.05, 0.1) is 6.10 Å². The maximum absolute atomic E-state index is 10.3. The van der Waals surface area contributed by atoms with Crippen LogP contribution in [0.5, 0.6) is 0 Å². The summed E-state index contributed by atoms with van der Waals surface area (Å²) in [5, 5.41) is 10.3. The van der Waals surface area contributed by atoms with E-state index >= 15 is 0 Å². The largest absolute Gasteiger partial charge is 0.392 e. The lowest BCUT2D eigenvalue weighted by Gasteiger charge is -2.45. The normalized spacial score (nSPS) is 24.1. The summed E-state index contributed by atoms with van der Waals surface area (Å²) in [6.07, 6.45) is 2.92. The van der Waals surface area contributed by atoms with E-state index in [4.69, 9.17) is 0 Å². The molecule has 0 amide bonds. The van der Waals surface area contributed by atoms with Crippen molar-refractivity contribution in [3.63, 3.8) is 0 Å². The van der Waals surface area contributed by atoms with E-state index in [9.17, 15) is 5.11 Å². The van der Waals surface area contributed by atoms with Crippen molar-refractivity contribution in [2.24, 2.45) is 5.41 Å². The number of likely N-dealkylation sites (tertiary alicyclic amines) is 1. The SMILES string of the molecule is CCC1(CC)CN(Cc2ccccc2)CCC1O. The molecular formula is C16H25NO. The van der Waals surface area contributed by atoms with Crippen LogP contribution in [-0.2, 0) is 6.54 Å². The monoisotopic (exact) mass is 247 g/mol. The van der Waals surface area contributed by atoms with Crippen LogP contribution in [0.1, 0.15) is 38.7 Å². The fourth-order valence-corrected chi connectivity index (χ4v) is 3.16. The van der Waals surface area contributed by atoms with Gasteiger partial charge in [0, 0.05) is 25.0 Å². The van der Waals surface area contributed by atoms with Gasteiger partial charge in [0.15, 0.2) is 0 Å². The van der Waals surface area contributed by atoms with Gasteiger partial charge in [-0.2, -0.15) is 0 Å². The molecule has 1 aliphatic heterocycles. The number of hydrogen-bond donors (Lipinski definition) is 1. The first kappa shape index (κ1) is 13.6. The zero-order valence-corrected chi connectivity index (χ0v) is 11.6. The smallest absolute Gasteiger partial charge is 0.0620 e. The molecule has 1 unspecified atom stereocenters. The van der Waals surface area contributed by atoms with Gasteiger partial charge >= 0.3 is 0 Å². The predicted molar refractivity (Wildman–Crippen MR) is 75.4 cm³/mol. The first-order chi connectivity index (χ1) is 8.70. The zero-order chi connectivity index (χ0) is 13.0. The van der Waals surface area contributed by atoms with E-state index in [2.05, 4.69) is 49.1 Å². The second kappa shape index (κ2) is 5.85. The third-order valence-corrected chi connectivity index (χ3v) is 4.62. The van der Waals surface area contributed by atoms with Gasteiger partial charge in [-0.15, -0.1) is 0 Å². The van der Waals surface area contributed by atoms with Crippen molar-refractivity contribution in [2.75, 3.05) is 13.1 Å². The Bertz CT molecular complexity index is 359. The van der Waals surface area contributed by atoms with Crippen molar-refractivity contribution in [1.82, 2.24) is 4.90 Å². The third-order valence-electron chi connectivity index (χ3n) is 4.62. The van der Waals surface area contributed by atoms with Crippen LogP contribution in [0.3, 0.4) is 0 Å². The highest BCUT2D eigenvalue weighted by Crippen LogP contribution is 2.37. The molecule has 18 heavy (non-hydrogen) atoms. The molecule has 1 N–H and O–H groups in total. The lowest BCUT2D eigenvalue weighted by atomic mass is 9.73. The summed E-state index contributed by atoms with van der Waals surface area (Å²) >= 11 is 0. The molecule has 1 fully saturated rings. The Morgan fingerprint density at radius 1 is 1.22 bits per heavy atom. The Kier molecular flexibility index (Phi) is 4.41. The molecule has 100 valence electrons. The number of rotatable bonds is 4. The van der Waals surface area contributed by atoms with E-state index < -0.39 is 0 Å². The minimum absolute atomic E-state index is 0.104. The highest BCUT2D eigenvalue weighted by molar-refractivity contribution is 5.14. The summed E-state index contributed by atoms with van der Waals surface area (Å²) in [7, 11) is 0. The van der Waals surface area contributed by atoms with Gasteiger partial charge in [-0.3, -0.25) is 4.90 Å². The molecule has 0 aliphatic carbocycles. The van der Waals surface area contributed by atoms with E-state index in [-0.39, 0.29) is 11.5 Å². The molecule has 0 spiro atoms. The van der Waals surface area contributed by atoms with Gasteiger partial charge in [-0.05, 0) is 24.8 Å². The number of hydrogen-bond acceptors (Lipinski definition) is 2. The summed E-state index contributed by atoms with van der Waals surface area (Å²) in [6.45, 7) is 7.46. The Balaban J connectivity index is 2.03. The fourth-order valence-electron chi connectivity index (χ4n) is 3.16. The second-order valence-corrected chi connectivity index (χ2v) is 5.57. The summed E-state index contributed by atoms with van der Waals surface area (Å²) in [6, 6.07) is 10.6. The molecule has 2 rings (SSSR count). The van der Waals surface area contributed by atoms with Crippen LogP contribution in [0.25, 0.3) is 0 Å². The van der Waals surface area contributed by atoms with E-state index in [0.717, 1.165) is 38.9 Å². The minimum atomic E-state index is -0.125. The van der Waals surface area contributed by atoms with E-state index in [1.54, 1.807) is 0 Å². The van der Waals surface area contributed by atoms with Crippen molar-refractivity contribution >= 4 is 0 Å². The fraction of sp³-hybridized carbons (Fsp3) is 0.625. The summed E-state index contributed by atoms with van der Waals surface area (Å²) in [4.78, 5) is 2.50. The summed E-state index contributed by atoms with van der Waals surface area (Å²) in [5.74, 6) is 0. The summed E-state index contributed by atoms with van der Waals surface area (Å²) in [5.41, 5.74) is 1.47. The first-order valence-corrected chi connectivity index (χ1v) is 7.14. The average Bonchev–Trinajstić information content (AvgIpc) is 2.42. The molecule has 1 atom stereocenters. The molecule has 1 aromatic rings. The van der Waals surface area contributed by atoms with Crippen LogP contribution in [0.4, 0.5) is 0 Å². The van der Waals surface area contributed by atoms with Crippen LogP contribution < -0.4 is 0 Å².